The summed E-state index contributed by atoms with van der Waals surface area (Å²) in [5.41, 5.74) is 2.41. The van der Waals surface area contributed by atoms with Gasteiger partial charge in [-0.2, -0.15) is 0 Å². The summed E-state index contributed by atoms with van der Waals surface area (Å²) in [4.78, 5) is 36.0. The topological polar surface area (TPSA) is 99.8 Å². The molecule has 2 rings (SSSR count). The Kier molecular flexibility index (Phi) is 17.1. The third kappa shape index (κ3) is 14.2. The zero-order valence-corrected chi connectivity index (χ0v) is 22.8. The van der Waals surface area contributed by atoms with Gasteiger partial charge >= 0.3 is 0 Å². The molecule has 0 aliphatic rings. The van der Waals surface area contributed by atoms with Gasteiger partial charge < -0.3 is 30.4 Å². The van der Waals surface area contributed by atoms with Gasteiger partial charge in [0.15, 0.2) is 0 Å². The van der Waals surface area contributed by atoms with Crippen LogP contribution in [0.5, 0.6) is 5.75 Å². The molecule has 0 aliphatic carbocycles. The monoisotopic (exact) mass is 512 g/mol. The SMILES string of the molecule is CCCC(NCCOc1ccccc1CCCNC(=O)CNC)C(=O)N(C)CC=O.Cc1ccccc1. The Balaban J connectivity index is 0.000000836. The molecule has 0 aliphatic heterocycles. The number of aryl methyl sites for hydroxylation is 2. The van der Waals surface area contributed by atoms with Crippen LogP contribution >= 0.6 is 0 Å². The number of nitrogens with zero attached hydrogens (tertiary/aromatic N) is 1. The quantitative estimate of drug-likeness (QED) is 0.236. The van der Waals surface area contributed by atoms with E-state index in [0.29, 0.717) is 32.7 Å². The van der Waals surface area contributed by atoms with Gasteiger partial charge in [-0.05, 0) is 44.9 Å². The predicted octanol–water partition coefficient (Wildman–Crippen LogP) is 2.74. The van der Waals surface area contributed by atoms with Crippen molar-refractivity contribution < 1.29 is 19.1 Å². The molecule has 8 heteroatoms. The van der Waals surface area contributed by atoms with Gasteiger partial charge in [-0.25, -0.2) is 0 Å². The van der Waals surface area contributed by atoms with Gasteiger partial charge in [-0.1, -0.05) is 67.4 Å². The van der Waals surface area contributed by atoms with Gasteiger partial charge in [0, 0.05) is 20.1 Å². The molecule has 8 nitrogen and oxygen atoms in total. The summed E-state index contributed by atoms with van der Waals surface area (Å²) in [5.74, 6) is 0.727. The van der Waals surface area contributed by atoms with E-state index in [1.807, 2.05) is 49.4 Å². The summed E-state index contributed by atoms with van der Waals surface area (Å²) < 4.78 is 5.93. The van der Waals surface area contributed by atoms with Gasteiger partial charge in [0.2, 0.25) is 11.8 Å². The first-order chi connectivity index (χ1) is 17.9. The highest BCUT2D eigenvalue weighted by Crippen LogP contribution is 2.19. The molecule has 2 aromatic carbocycles. The molecule has 0 saturated carbocycles. The van der Waals surface area contributed by atoms with Crippen molar-refractivity contribution in [2.45, 2.75) is 45.6 Å². The van der Waals surface area contributed by atoms with Crippen molar-refractivity contribution in [1.29, 1.82) is 0 Å². The Hall–Kier alpha value is -3.23. The average Bonchev–Trinajstić information content (AvgIpc) is 2.90. The Bertz CT molecular complexity index is 908. The highest BCUT2D eigenvalue weighted by molar-refractivity contribution is 5.83. The van der Waals surface area contributed by atoms with Gasteiger partial charge in [-0.15, -0.1) is 0 Å². The van der Waals surface area contributed by atoms with Crippen molar-refractivity contribution in [3.63, 3.8) is 0 Å². The molecule has 1 atom stereocenters. The highest BCUT2D eigenvalue weighted by atomic mass is 16.5. The van der Waals surface area contributed by atoms with Crippen LogP contribution < -0.4 is 20.7 Å². The third-order valence-electron chi connectivity index (χ3n) is 5.55. The van der Waals surface area contributed by atoms with Crippen molar-refractivity contribution in [1.82, 2.24) is 20.9 Å². The van der Waals surface area contributed by atoms with Crippen molar-refractivity contribution >= 4 is 18.1 Å². The van der Waals surface area contributed by atoms with Crippen molar-refractivity contribution in [2.75, 3.05) is 46.9 Å². The number of aldehydes is 1. The number of carbonyl (C=O) groups excluding carboxylic acids is 3. The Morgan fingerprint density at radius 3 is 2.38 bits per heavy atom. The van der Waals surface area contributed by atoms with Gasteiger partial charge in [0.25, 0.3) is 0 Å². The van der Waals surface area contributed by atoms with Crippen molar-refractivity contribution in [2.24, 2.45) is 0 Å². The second-order valence-electron chi connectivity index (χ2n) is 8.78. The molecule has 2 aromatic rings. The third-order valence-corrected chi connectivity index (χ3v) is 5.55. The molecule has 0 fully saturated rings. The number of rotatable bonds is 16. The fourth-order valence-corrected chi connectivity index (χ4v) is 3.58. The molecule has 3 N–H and O–H groups in total. The van der Waals surface area contributed by atoms with Crippen LogP contribution in [0.25, 0.3) is 0 Å². The highest BCUT2D eigenvalue weighted by Gasteiger charge is 2.20. The van der Waals surface area contributed by atoms with E-state index in [1.165, 1.54) is 10.5 Å². The zero-order chi connectivity index (χ0) is 27.3. The number of hydrogen-bond donors (Lipinski definition) is 3. The summed E-state index contributed by atoms with van der Waals surface area (Å²) >= 11 is 0. The maximum atomic E-state index is 12.4. The molecule has 0 heterocycles. The standard InChI is InChI=1S/C22H36N4O4.C7H8/c1-4-8-19(22(29)26(3)14-15-27)24-13-16-30-20-11-6-5-9-18(20)10-7-12-25-21(28)17-23-2;1-7-5-3-2-4-6-7/h5-6,9,11,15,19,23-24H,4,7-8,10,12-14,16-17H2,1-3H3,(H,25,28);2-6H,1H3. The molecule has 0 bridgehead atoms. The molecule has 37 heavy (non-hydrogen) atoms. The Labute approximate surface area is 222 Å². The first kappa shape index (κ1) is 31.8. The van der Waals surface area contributed by atoms with E-state index in [2.05, 4.69) is 35.0 Å². The lowest BCUT2D eigenvalue weighted by atomic mass is 10.1. The molecule has 0 spiro atoms. The second kappa shape index (κ2) is 19.9. The van der Waals surface area contributed by atoms with E-state index in [4.69, 9.17) is 4.74 Å². The van der Waals surface area contributed by atoms with Gasteiger partial charge in [-0.3, -0.25) is 9.59 Å². The lowest BCUT2D eigenvalue weighted by Gasteiger charge is -2.23. The van der Waals surface area contributed by atoms with E-state index in [1.54, 1.807) is 14.1 Å². The molecular formula is C29H44N4O4. The molecule has 1 unspecified atom stereocenters. The van der Waals surface area contributed by atoms with Crippen LogP contribution in [0, 0.1) is 6.92 Å². The van der Waals surface area contributed by atoms with E-state index in [9.17, 15) is 14.4 Å². The van der Waals surface area contributed by atoms with Crippen LogP contribution in [0.1, 0.15) is 37.3 Å². The Morgan fingerprint density at radius 2 is 1.76 bits per heavy atom. The van der Waals surface area contributed by atoms with E-state index >= 15 is 0 Å². The van der Waals surface area contributed by atoms with Crippen LogP contribution in [-0.2, 0) is 20.8 Å². The fourth-order valence-electron chi connectivity index (χ4n) is 3.58. The lowest BCUT2D eigenvalue weighted by molar-refractivity contribution is -0.134. The van der Waals surface area contributed by atoms with E-state index in [-0.39, 0.29) is 24.4 Å². The summed E-state index contributed by atoms with van der Waals surface area (Å²) in [6.45, 7) is 6.10. The van der Waals surface area contributed by atoms with E-state index in [0.717, 1.165) is 36.9 Å². The van der Waals surface area contributed by atoms with Gasteiger partial charge in [0.05, 0.1) is 19.1 Å². The van der Waals surface area contributed by atoms with E-state index < -0.39 is 0 Å². The average molecular weight is 513 g/mol. The van der Waals surface area contributed by atoms with Crippen LogP contribution in [0.4, 0.5) is 0 Å². The largest absolute Gasteiger partial charge is 0.492 e. The number of likely N-dealkylation sites (N-methyl/N-ethyl adjacent to an activating group) is 2. The maximum Gasteiger partial charge on any atom is 0.239 e. The summed E-state index contributed by atoms with van der Waals surface area (Å²) in [5, 5.41) is 8.93. The Morgan fingerprint density at radius 1 is 1.05 bits per heavy atom. The number of hydrogen-bond acceptors (Lipinski definition) is 6. The minimum atomic E-state index is -0.319. The molecule has 0 radical (unpaired) electrons. The first-order valence-electron chi connectivity index (χ1n) is 13.0. The minimum Gasteiger partial charge on any atom is -0.492 e. The summed E-state index contributed by atoms with van der Waals surface area (Å²) in [6, 6.07) is 17.8. The van der Waals surface area contributed by atoms with Crippen LogP contribution in [0.3, 0.4) is 0 Å². The summed E-state index contributed by atoms with van der Waals surface area (Å²) in [6.07, 6.45) is 3.93. The maximum absolute atomic E-state index is 12.4. The van der Waals surface area contributed by atoms with Crippen molar-refractivity contribution in [3.05, 3.63) is 65.7 Å². The molecule has 0 aromatic heterocycles. The summed E-state index contributed by atoms with van der Waals surface area (Å²) in [7, 11) is 3.38. The second-order valence-corrected chi connectivity index (χ2v) is 8.78. The van der Waals surface area contributed by atoms with Crippen LogP contribution in [0.15, 0.2) is 54.6 Å². The number of para-hydroxylation sites is 1. The molecule has 0 saturated heterocycles. The first-order valence-corrected chi connectivity index (χ1v) is 13.0. The number of benzene rings is 2. The lowest BCUT2D eigenvalue weighted by Crippen LogP contribution is -2.46. The number of carbonyl (C=O) groups is 3. The zero-order valence-electron chi connectivity index (χ0n) is 22.8. The minimum absolute atomic E-state index is 0.0110. The molecule has 204 valence electrons. The smallest absolute Gasteiger partial charge is 0.239 e. The van der Waals surface area contributed by atoms with Crippen LogP contribution in [-0.4, -0.2) is 75.9 Å². The number of amides is 2. The van der Waals surface area contributed by atoms with Gasteiger partial charge in [0.1, 0.15) is 18.6 Å². The molecular weight excluding hydrogens is 468 g/mol. The van der Waals surface area contributed by atoms with Crippen LogP contribution in [0.2, 0.25) is 0 Å². The predicted molar refractivity (Wildman–Crippen MR) is 149 cm³/mol. The number of ether oxygens (including phenoxy) is 1. The number of nitrogens with one attached hydrogen (secondary N) is 3. The fraction of sp³-hybridized carbons (Fsp3) is 0.483. The van der Waals surface area contributed by atoms with Crippen molar-refractivity contribution in [3.8, 4) is 5.75 Å². The normalized spacial score (nSPS) is 11.0. The molecule has 2 amide bonds.